The first kappa shape index (κ1) is 15.1. The number of fused-ring (bicyclic) bond motifs is 1. The van der Waals surface area contributed by atoms with Crippen LogP contribution in [-0.2, 0) is 6.42 Å². The third-order valence-corrected chi connectivity index (χ3v) is 4.55. The van der Waals surface area contributed by atoms with E-state index < -0.39 is 0 Å². The molecule has 0 bridgehead atoms. The van der Waals surface area contributed by atoms with E-state index in [9.17, 15) is 0 Å². The van der Waals surface area contributed by atoms with Gasteiger partial charge in [-0.2, -0.15) is 0 Å². The van der Waals surface area contributed by atoms with Crippen LogP contribution in [0.5, 0.6) is 5.75 Å². The van der Waals surface area contributed by atoms with Gasteiger partial charge in [-0.05, 0) is 53.6 Å². The molecule has 0 aliphatic carbocycles. The Hall–Kier alpha value is -1.80. The molecule has 3 rings (SSSR count). The highest BCUT2D eigenvalue weighted by Crippen LogP contribution is 2.34. The zero-order valence-corrected chi connectivity index (χ0v) is 13.9. The van der Waals surface area contributed by atoms with Crippen LogP contribution in [0.15, 0.2) is 42.5 Å². The first-order chi connectivity index (χ1) is 10.6. The standard InChI is InChI=1S/C20H25NO/c1-13(2)15-8-9-16-10-14(3)21-20(19(16)12-15)17-6-5-7-18(11-17)22-4/h5-9,11-14,20-21H,10H2,1-4H3. The van der Waals surface area contributed by atoms with Crippen LogP contribution < -0.4 is 10.1 Å². The average molecular weight is 295 g/mol. The fourth-order valence-electron chi connectivity index (χ4n) is 3.29. The number of methoxy groups -OCH3 is 1. The summed E-state index contributed by atoms with van der Waals surface area (Å²) < 4.78 is 5.39. The van der Waals surface area contributed by atoms with E-state index in [0.29, 0.717) is 12.0 Å². The summed E-state index contributed by atoms with van der Waals surface area (Å²) in [5.41, 5.74) is 5.55. The van der Waals surface area contributed by atoms with Crippen molar-refractivity contribution in [2.75, 3.05) is 7.11 Å². The molecule has 0 aromatic heterocycles. The lowest BCUT2D eigenvalue weighted by Crippen LogP contribution is -2.38. The smallest absolute Gasteiger partial charge is 0.119 e. The molecule has 0 spiro atoms. The fourth-order valence-corrected chi connectivity index (χ4v) is 3.29. The van der Waals surface area contributed by atoms with E-state index in [1.807, 2.05) is 6.07 Å². The maximum absolute atomic E-state index is 5.39. The van der Waals surface area contributed by atoms with Crippen molar-refractivity contribution >= 4 is 0 Å². The molecule has 1 aliphatic rings. The second kappa shape index (κ2) is 6.13. The van der Waals surface area contributed by atoms with Gasteiger partial charge in [-0.1, -0.05) is 44.2 Å². The highest BCUT2D eigenvalue weighted by molar-refractivity contribution is 5.44. The Labute approximate surface area is 133 Å². The Morgan fingerprint density at radius 1 is 1.14 bits per heavy atom. The van der Waals surface area contributed by atoms with Gasteiger partial charge in [0.15, 0.2) is 0 Å². The van der Waals surface area contributed by atoms with Gasteiger partial charge in [0.2, 0.25) is 0 Å². The van der Waals surface area contributed by atoms with Crippen molar-refractivity contribution in [2.24, 2.45) is 0 Å². The molecule has 0 amide bonds. The predicted octanol–water partition coefficient (Wildman–Crippen LogP) is 4.44. The monoisotopic (exact) mass is 295 g/mol. The number of ether oxygens (including phenoxy) is 1. The van der Waals surface area contributed by atoms with Crippen molar-refractivity contribution in [1.29, 1.82) is 0 Å². The Morgan fingerprint density at radius 2 is 1.95 bits per heavy atom. The van der Waals surface area contributed by atoms with E-state index in [4.69, 9.17) is 4.74 Å². The molecule has 0 saturated carbocycles. The normalized spacial score (nSPS) is 20.8. The average Bonchev–Trinajstić information content (AvgIpc) is 2.53. The largest absolute Gasteiger partial charge is 0.497 e. The van der Waals surface area contributed by atoms with Crippen molar-refractivity contribution in [3.05, 3.63) is 64.7 Å². The van der Waals surface area contributed by atoms with Crippen LogP contribution in [0.1, 0.15) is 55.0 Å². The van der Waals surface area contributed by atoms with Crippen LogP contribution in [0.2, 0.25) is 0 Å². The van der Waals surface area contributed by atoms with Crippen LogP contribution in [-0.4, -0.2) is 13.2 Å². The summed E-state index contributed by atoms with van der Waals surface area (Å²) >= 11 is 0. The van der Waals surface area contributed by atoms with Gasteiger partial charge < -0.3 is 10.1 Å². The van der Waals surface area contributed by atoms with Gasteiger partial charge in [0.05, 0.1) is 13.2 Å². The van der Waals surface area contributed by atoms with E-state index in [-0.39, 0.29) is 6.04 Å². The molecule has 2 aromatic carbocycles. The second-order valence-corrected chi connectivity index (χ2v) is 6.59. The highest BCUT2D eigenvalue weighted by Gasteiger charge is 2.25. The number of hydrogen-bond acceptors (Lipinski definition) is 2. The van der Waals surface area contributed by atoms with Crippen LogP contribution in [0, 0.1) is 0 Å². The molecule has 1 N–H and O–H groups in total. The molecular weight excluding hydrogens is 270 g/mol. The minimum atomic E-state index is 0.243. The molecule has 2 atom stereocenters. The molecule has 2 aromatic rings. The fraction of sp³-hybridized carbons (Fsp3) is 0.400. The van der Waals surface area contributed by atoms with Gasteiger partial charge in [-0.25, -0.2) is 0 Å². The van der Waals surface area contributed by atoms with E-state index in [1.54, 1.807) is 7.11 Å². The van der Waals surface area contributed by atoms with Gasteiger partial charge in [-0.15, -0.1) is 0 Å². The van der Waals surface area contributed by atoms with Gasteiger partial charge in [-0.3, -0.25) is 0 Å². The van der Waals surface area contributed by atoms with Crippen molar-refractivity contribution in [2.45, 2.75) is 45.2 Å². The molecule has 2 unspecified atom stereocenters. The number of benzene rings is 2. The summed E-state index contributed by atoms with van der Waals surface area (Å²) in [7, 11) is 1.72. The maximum Gasteiger partial charge on any atom is 0.119 e. The minimum absolute atomic E-state index is 0.243. The van der Waals surface area contributed by atoms with Crippen molar-refractivity contribution in [1.82, 2.24) is 5.32 Å². The molecule has 1 heterocycles. The molecule has 0 fully saturated rings. The Balaban J connectivity index is 2.07. The molecule has 2 nitrogen and oxygen atoms in total. The van der Waals surface area contributed by atoms with E-state index in [2.05, 4.69) is 62.5 Å². The van der Waals surface area contributed by atoms with Crippen LogP contribution in [0.25, 0.3) is 0 Å². The minimum Gasteiger partial charge on any atom is -0.497 e. The third kappa shape index (κ3) is 2.89. The first-order valence-electron chi connectivity index (χ1n) is 8.11. The van der Waals surface area contributed by atoms with Gasteiger partial charge in [0.1, 0.15) is 5.75 Å². The first-order valence-corrected chi connectivity index (χ1v) is 8.11. The maximum atomic E-state index is 5.39. The van der Waals surface area contributed by atoms with E-state index in [0.717, 1.165) is 12.2 Å². The van der Waals surface area contributed by atoms with Gasteiger partial charge in [0, 0.05) is 6.04 Å². The van der Waals surface area contributed by atoms with Crippen LogP contribution in [0.4, 0.5) is 0 Å². The van der Waals surface area contributed by atoms with Crippen molar-refractivity contribution in [3.8, 4) is 5.75 Å². The summed E-state index contributed by atoms with van der Waals surface area (Å²) in [6.07, 6.45) is 1.09. The zero-order chi connectivity index (χ0) is 15.7. The second-order valence-electron chi connectivity index (χ2n) is 6.59. The Morgan fingerprint density at radius 3 is 2.68 bits per heavy atom. The van der Waals surface area contributed by atoms with Gasteiger partial charge in [0.25, 0.3) is 0 Å². The topological polar surface area (TPSA) is 21.3 Å². The Bertz CT molecular complexity index is 663. The molecular formula is C20H25NO. The number of hydrogen-bond donors (Lipinski definition) is 1. The van der Waals surface area contributed by atoms with Gasteiger partial charge >= 0.3 is 0 Å². The molecule has 0 radical (unpaired) electrons. The summed E-state index contributed by atoms with van der Waals surface area (Å²) in [5.74, 6) is 1.47. The van der Waals surface area contributed by atoms with E-state index >= 15 is 0 Å². The van der Waals surface area contributed by atoms with Crippen molar-refractivity contribution in [3.63, 3.8) is 0 Å². The molecule has 116 valence electrons. The molecule has 2 heteroatoms. The summed E-state index contributed by atoms with van der Waals surface area (Å²) in [5, 5.41) is 3.75. The number of nitrogens with one attached hydrogen (secondary N) is 1. The molecule has 0 saturated heterocycles. The van der Waals surface area contributed by atoms with E-state index in [1.165, 1.54) is 22.3 Å². The van der Waals surface area contributed by atoms with Crippen LogP contribution in [0.3, 0.4) is 0 Å². The predicted molar refractivity (Wildman–Crippen MR) is 91.7 cm³/mol. The zero-order valence-electron chi connectivity index (χ0n) is 13.9. The summed E-state index contributed by atoms with van der Waals surface area (Å²) in [6.45, 7) is 6.76. The lowest BCUT2D eigenvalue weighted by molar-refractivity contribution is 0.412. The third-order valence-electron chi connectivity index (χ3n) is 4.55. The summed E-state index contributed by atoms with van der Waals surface area (Å²) in [4.78, 5) is 0. The van der Waals surface area contributed by atoms with Crippen LogP contribution >= 0.6 is 0 Å². The number of rotatable bonds is 3. The molecule has 1 aliphatic heterocycles. The summed E-state index contributed by atoms with van der Waals surface area (Å²) in [6, 6.07) is 16.1. The quantitative estimate of drug-likeness (QED) is 0.903. The highest BCUT2D eigenvalue weighted by atomic mass is 16.5. The SMILES string of the molecule is COc1cccc(C2NC(C)Cc3ccc(C(C)C)cc32)c1. The van der Waals surface area contributed by atoms with Crippen molar-refractivity contribution < 1.29 is 4.74 Å². The Kier molecular flexibility index (Phi) is 4.21. The molecule has 22 heavy (non-hydrogen) atoms. The lowest BCUT2D eigenvalue weighted by Gasteiger charge is -2.32. The lowest BCUT2D eigenvalue weighted by atomic mass is 9.84.